The van der Waals surface area contributed by atoms with Gasteiger partial charge in [0.05, 0.1) is 5.69 Å². The van der Waals surface area contributed by atoms with Crippen LogP contribution < -0.4 is 5.56 Å². The van der Waals surface area contributed by atoms with Crippen molar-refractivity contribution in [2.75, 3.05) is 19.6 Å². The van der Waals surface area contributed by atoms with Crippen molar-refractivity contribution >= 4 is 0 Å². The molecule has 1 saturated heterocycles. The molecule has 0 saturated carbocycles. The zero-order valence-corrected chi connectivity index (χ0v) is 14.8. The maximum absolute atomic E-state index is 11.6. The van der Waals surface area contributed by atoms with Crippen LogP contribution in [0.5, 0.6) is 0 Å². The standard InChI is InChI=1S/C19H27N3O2/c1-13(18-5-4-14(2)24-18)6-9-22-10-7-16(8-11-22)17-12-19(23)21-15(3)20-17/h4-5,12-13,16H,6-11H2,1-3H3,(H,20,21,23)/t13-/m1/s1. The normalized spacial score (nSPS) is 18.0. The van der Waals surface area contributed by atoms with Crippen LogP contribution in [0.3, 0.4) is 0 Å². The minimum atomic E-state index is -0.0394. The zero-order valence-electron chi connectivity index (χ0n) is 14.8. The minimum absolute atomic E-state index is 0.0394. The number of likely N-dealkylation sites (tertiary alicyclic amines) is 1. The lowest BCUT2D eigenvalue weighted by Gasteiger charge is -2.32. The zero-order chi connectivity index (χ0) is 17.1. The maximum Gasteiger partial charge on any atom is 0.251 e. The summed E-state index contributed by atoms with van der Waals surface area (Å²) in [5, 5.41) is 0. The Labute approximate surface area is 143 Å². The number of aromatic amines is 1. The van der Waals surface area contributed by atoms with Crippen LogP contribution in [-0.4, -0.2) is 34.5 Å². The number of hydrogen-bond donors (Lipinski definition) is 1. The summed E-state index contributed by atoms with van der Waals surface area (Å²) < 4.78 is 5.72. The fourth-order valence-electron chi connectivity index (χ4n) is 3.50. The number of piperidine rings is 1. The summed E-state index contributed by atoms with van der Waals surface area (Å²) in [7, 11) is 0. The first-order valence-electron chi connectivity index (χ1n) is 8.88. The third-order valence-electron chi connectivity index (χ3n) is 5.01. The Kier molecular flexibility index (Phi) is 5.19. The molecule has 5 heteroatoms. The highest BCUT2D eigenvalue weighted by atomic mass is 16.3. The molecule has 0 amide bonds. The van der Waals surface area contributed by atoms with Gasteiger partial charge in [0.2, 0.25) is 0 Å². The van der Waals surface area contributed by atoms with E-state index in [2.05, 4.69) is 27.9 Å². The lowest BCUT2D eigenvalue weighted by Crippen LogP contribution is -2.34. The topological polar surface area (TPSA) is 62.1 Å². The monoisotopic (exact) mass is 329 g/mol. The van der Waals surface area contributed by atoms with Gasteiger partial charge in [-0.05, 0) is 64.9 Å². The highest BCUT2D eigenvalue weighted by molar-refractivity contribution is 5.11. The molecule has 24 heavy (non-hydrogen) atoms. The number of nitrogens with zero attached hydrogens (tertiary/aromatic N) is 2. The average molecular weight is 329 g/mol. The van der Waals surface area contributed by atoms with Crippen LogP contribution in [0.25, 0.3) is 0 Å². The summed E-state index contributed by atoms with van der Waals surface area (Å²) in [5.41, 5.74) is 0.915. The highest BCUT2D eigenvalue weighted by Crippen LogP contribution is 2.27. The van der Waals surface area contributed by atoms with Crippen molar-refractivity contribution in [3.63, 3.8) is 0 Å². The number of aromatic nitrogens is 2. The van der Waals surface area contributed by atoms with Crippen molar-refractivity contribution in [2.45, 2.75) is 51.9 Å². The average Bonchev–Trinajstić information content (AvgIpc) is 2.99. The molecule has 1 aliphatic rings. The Morgan fingerprint density at radius 3 is 2.71 bits per heavy atom. The second-order valence-corrected chi connectivity index (χ2v) is 7.01. The predicted octanol–water partition coefficient (Wildman–Crippen LogP) is 3.35. The number of furan rings is 1. The van der Waals surface area contributed by atoms with Gasteiger partial charge in [-0.2, -0.15) is 0 Å². The highest BCUT2D eigenvalue weighted by Gasteiger charge is 2.22. The van der Waals surface area contributed by atoms with E-state index >= 15 is 0 Å². The molecule has 0 unspecified atom stereocenters. The number of hydrogen-bond acceptors (Lipinski definition) is 4. The molecule has 0 aliphatic carbocycles. The maximum atomic E-state index is 11.6. The minimum Gasteiger partial charge on any atom is -0.466 e. The summed E-state index contributed by atoms with van der Waals surface area (Å²) >= 11 is 0. The van der Waals surface area contributed by atoms with Gasteiger partial charge < -0.3 is 14.3 Å². The Hall–Kier alpha value is -1.88. The molecule has 1 fully saturated rings. The third-order valence-corrected chi connectivity index (χ3v) is 5.01. The van der Waals surface area contributed by atoms with Gasteiger partial charge >= 0.3 is 0 Å². The van der Waals surface area contributed by atoms with Gasteiger partial charge in [-0.1, -0.05) is 6.92 Å². The largest absolute Gasteiger partial charge is 0.466 e. The molecule has 0 radical (unpaired) electrons. The predicted molar refractivity (Wildman–Crippen MR) is 94.5 cm³/mol. The first-order valence-corrected chi connectivity index (χ1v) is 8.88. The molecule has 0 aromatic carbocycles. The van der Waals surface area contributed by atoms with Crippen LogP contribution in [-0.2, 0) is 0 Å². The summed E-state index contributed by atoms with van der Waals surface area (Å²) in [6, 6.07) is 5.79. The Morgan fingerprint density at radius 1 is 1.33 bits per heavy atom. The Morgan fingerprint density at radius 2 is 2.08 bits per heavy atom. The molecule has 3 rings (SSSR count). The van der Waals surface area contributed by atoms with E-state index in [4.69, 9.17) is 4.42 Å². The second kappa shape index (κ2) is 7.34. The van der Waals surface area contributed by atoms with Crippen LogP contribution in [0.1, 0.15) is 61.1 Å². The van der Waals surface area contributed by atoms with E-state index in [1.807, 2.05) is 19.9 Å². The van der Waals surface area contributed by atoms with Gasteiger partial charge in [0, 0.05) is 17.9 Å². The quantitative estimate of drug-likeness (QED) is 0.914. The summed E-state index contributed by atoms with van der Waals surface area (Å²) in [6.45, 7) is 9.30. The smallest absolute Gasteiger partial charge is 0.251 e. The van der Waals surface area contributed by atoms with Crippen LogP contribution in [0.4, 0.5) is 0 Å². The van der Waals surface area contributed by atoms with E-state index in [9.17, 15) is 4.79 Å². The Balaban J connectivity index is 1.49. The van der Waals surface area contributed by atoms with Crippen molar-refractivity contribution in [2.24, 2.45) is 0 Å². The van der Waals surface area contributed by atoms with E-state index in [0.717, 1.165) is 56.1 Å². The van der Waals surface area contributed by atoms with Crippen LogP contribution in [0.15, 0.2) is 27.4 Å². The molecule has 1 N–H and O–H groups in total. The fourth-order valence-corrected chi connectivity index (χ4v) is 3.50. The second-order valence-electron chi connectivity index (χ2n) is 7.01. The molecular weight excluding hydrogens is 302 g/mol. The molecule has 2 aromatic rings. The molecule has 0 bridgehead atoms. The molecular formula is C19H27N3O2. The molecule has 3 heterocycles. The first kappa shape index (κ1) is 17.0. The van der Waals surface area contributed by atoms with Crippen LogP contribution >= 0.6 is 0 Å². The molecule has 0 spiro atoms. The summed E-state index contributed by atoms with van der Waals surface area (Å²) in [5.74, 6) is 3.65. The number of rotatable bonds is 5. The number of aryl methyl sites for hydroxylation is 2. The van der Waals surface area contributed by atoms with Gasteiger partial charge in [-0.25, -0.2) is 4.98 Å². The van der Waals surface area contributed by atoms with E-state index < -0.39 is 0 Å². The van der Waals surface area contributed by atoms with Crippen molar-refractivity contribution in [3.8, 4) is 0 Å². The SMILES string of the molecule is Cc1nc(C2CCN(CC[C@@H](C)c3ccc(C)o3)CC2)cc(=O)[nH]1. The van der Waals surface area contributed by atoms with Crippen molar-refractivity contribution in [1.29, 1.82) is 0 Å². The van der Waals surface area contributed by atoms with E-state index in [1.165, 1.54) is 0 Å². The van der Waals surface area contributed by atoms with Gasteiger partial charge in [-0.15, -0.1) is 0 Å². The van der Waals surface area contributed by atoms with E-state index in [-0.39, 0.29) is 5.56 Å². The van der Waals surface area contributed by atoms with Gasteiger partial charge in [0.15, 0.2) is 0 Å². The van der Waals surface area contributed by atoms with Crippen molar-refractivity contribution in [1.82, 2.24) is 14.9 Å². The lowest BCUT2D eigenvalue weighted by atomic mass is 9.92. The van der Waals surface area contributed by atoms with Gasteiger partial charge in [-0.3, -0.25) is 4.79 Å². The fraction of sp³-hybridized carbons (Fsp3) is 0.579. The molecule has 2 aromatic heterocycles. The summed E-state index contributed by atoms with van der Waals surface area (Å²) in [6.07, 6.45) is 3.26. The molecule has 1 aliphatic heterocycles. The first-order chi connectivity index (χ1) is 11.5. The molecule has 5 nitrogen and oxygen atoms in total. The number of H-pyrrole nitrogens is 1. The van der Waals surface area contributed by atoms with E-state index in [1.54, 1.807) is 6.07 Å². The Bertz CT molecular complexity index is 726. The van der Waals surface area contributed by atoms with E-state index in [0.29, 0.717) is 17.7 Å². The van der Waals surface area contributed by atoms with Gasteiger partial charge in [0.25, 0.3) is 5.56 Å². The summed E-state index contributed by atoms with van der Waals surface area (Å²) in [4.78, 5) is 21.4. The van der Waals surface area contributed by atoms with Crippen molar-refractivity contribution < 1.29 is 4.42 Å². The third kappa shape index (κ3) is 4.15. The van der Waals surface area contributed by atoms with Gasteiger partial charge in [0.1, 0.15) is 17.3 Å². The molecule has 130 valence electrons. The molecule has 1 atom stereocenters. The van der Waals surface area contributed by atoms with Crippen molar-refractivity contribution in [3.05, 3.63) is 51.6 Å². The lowest BCUT2D eigenvalue weighted by molar-refractivity contribution is 0.203. The van der Waals surface area contributed by atoms with Crippen LogP contribution in [0.2, 0.25) is 0 Å². The van der Waals surface area contributed by atoms with Crippen LogP contribution in [0, 0.1) is 13.8 Å². The number of nitrogens with one attached hydrogen (secondary N) is 1.